The topological polar surface area (TPSA) is 73.1 Å². The molecular weight excluding hydrogens is 260 g/mol. The fourth-order valence-electron chi connectivity index (χ4n) is 2.02. The molecule has 0 radical (unpaired) electrons. The standard InChI is InChI=1S/C14H18N2O2S/c1-2-12(15)10-19(17,18)9-11-7-8-16-14-6-4-3-5-13(11)14/h3-8,12H,2,9-10,15H2,1H3. The van der Waals surface area contributed by atoms with Gasteiger partial charge >= 0.3 is 0 Å². The summed E-state index contributed by atoms with van der Waals surface area (Å²) in [5, 5.41) is 0.888. The van der Waals surface area contributed by atoms with E-state index in [1.165, 1.54) is 0 Å². The zero-order chi connectivity index (χ0) is 13.9. The van der Waals surface area contributed by atoms with Crippen molar-refractivity contribution < 1.29 is 8.42 Å². The first-order valence-corrected chi connectivity index (χ1v) is 8.12. The summed E-state index contributed by atoms with van der Waals surface area (Å²) in [6.45, 7) is 1.89. The maximum atomic E-state index is 12.1. The molecule has 0 spiro atoms. The minimum atomic E-state index is -3.19. The second kappa shape index (κ2) is 5.67. The average molecular weight is 278 g/mol. The largest absolute Gasteiger partial charge is 0.327 e. The van der Waals surface area contributed by atoms with Crippen LogP contribution in [-0.4, -0.2) is 25.2 Å². The Hall–Kier alpha value is -1.46. The molecule has 1 atom stereocenters. The fourth-order valence-corrected chi connectivity index (χ4v) is 3.75. The number of nitrogens with zero attached hydrogens (tertiary/aromatic N) is 1. The van der Waals surface area contributed by atoms with Crippen LogP contribution in [0.1, 0.15) is 18.9 Å². The van der Waals surface area contributed by atoms with Gasteiger partial charge in [0.2, 0.25) is 0 Å². The van der Waals surface area contributed by atoms with Crippen LogP contribution in [0.25, 0.3) is 10.9 Å². The molecule has 1 aromatic carbocycles. The fraction of sp³-hybridized carbons (Fsp3) is 0.357. The monoisotopic (exact) mass is 278 g/mol. The first kappa shape index (κ1) is 14.0. The molecule has 0 saturated carbocycles. The van der Waals surface area contributed by atoms with Gasteiger partial charge in [-0.05, 0) is 24.1 Å². The smallest absolute Gasteiger partial charge is 0.155 e. The number of nitrogens with two attached hydrogens (primary N) is 1. The highest BCUT2D eigenvalue weighted by atomic mass is 32.2. The van der Waals surface area contributed by atoms with Gasteiger partial charge in [0.05, 0.1) is 17.0 Å². The normalized spacial score (nSPS) is 13.6. The zero-order valence-electron chi connectivity index (χ0n) is 10.9. The molecule has 19 heavy (non-hydrogen) atoms. The Morgan fingerprint density at radius 2 is 2.00 bits per heavy atom. The molecule has 0 aliphatic heterocycles. The van der Waals surface area contributed by atoms with Crippen LogP contribution in [0.2, 0.25) is 0 Å². The Bertz CT molecular complexity index is 663. The molecule has 0 fully saturated rings. The Morgan fingerprint density at radius 1 is 1.26 bits per heavy atom. The van der Waals surface area contributed by atoms with Crippen LogP contribution in [0.15, 0.2) is 36.5 Å². The van der Waals surface area contributed by atoms with E-state index < -0.39 is 9.84 Å². The molecule has 4 nitrogen and oxygen atoms in total. The number of fused-ring (bicyclic) bond motifs is 1. The maximum absolute atomic E-state index is 12.1. The lowest BCUT2D eigenvalue weighted by Gasteiger charge is -2.11. The maximum Gasteiger partial charge on any atom is 0.155 e. The lowest BCUT2D eigenvalue weighted by atomic mass is 10.1. The molecule has 1 unspecified atom stereocenters. The Labute approximate surface area is 113 Å². The predicted molar refractivity (Wildman–Crippen MR) is 77.5 cm³/mol. The van der Waals surface area contributed by atoms with Crippen LogP contribution >= 0.6 is 0 Å². The predicted octanol–water partition coefficient (Wildman–Crippen LogP) is 1.89. The first-order valence-electron chi connectivity index (χ1n) is 6.30. The van der Waals surface area contributed by atoms with E-state index in [1.54, 1.807) is 12.3 Å². The van der Waals surface area contributed by atoms with E-state index in [9.17, 15) is 8.42 Å². The summed E-state index contributed by atoms with van der Waals surface area (Å²) < 4.78 is 24.2. The van der Waals surface area contributed by atoms with Crippen LogP contribution in [0.4, 0.5) is 0 Å². The second-order valence-electron chi connectivity index (χ2n) is 4.71. The SMILES string of the molecule is CCC(N)CS(=O)(=O)Cc1ccnc2ccccc12. The number of hydrogen-bond donors (Lipinski definition) is 1. The van der Waals surface area contributed by atoms with Gasteiger partial charge in [-0.15, -0.1) is 0 Å². The zero-order valence-corrected chi connectivity index (χ0v) is 11.7. The van der Waals surface area contributed by atoms with Gasteiger partial charge < -0.3 is 5.73 Å². The second-order valence-corrected chi connectivity index (χ2v) is 6.82. The molecule has 0 amide bonds. The third kappa shape index (κ3) is 3.52. The van der Waals surface area contributed by atoms with E-state index >= 15 is 0 Å². The van der Waals surface area contributed by atoms with Gasteiger partial charge in [-0.3, -0.25) is 4.98 Å². The average Bonchev–Trinajstić information content (AvgIpc) is 2.38. The van der Waals surface area contributed by atoms with E-state index in [4.69, 9.17) is 5.73 Å². The van der Waals surface area contributed by atoms with Crippen molar-refractivity contribution in [3.05, 3.63) is 42.1 Å². The Kier molecular flexibility index (Phi) is 4.17. The van der Waals surface area contributed by atoms with Crippen LogP contribution in [-0.2, 0) is 15.6 Å². The molecule has 1 aromatic heterocycles. The molecule has 1 heterocycles. The van der Waals surface area contributed by atoms with Gasteiger partial charge in [0.15, 0.2) is 9.84 Å². The molecule has 2 aromatic rings. The van der Waals surface area contributed by atoms with Crippen molar-refractivity contribution in [3.63, 3.8) is 0 Å². The van der Waals surface area contributed by atoms with E-state index in [-0.39, 0.29) is 17.5 Å². The van der Waals surface area contributed by atoms with Crippen molar-refractivity contribution in [2.75, 3.05) is 5.75 Å². The summed E-state index contributed by atoms with van der Waals surface area (Å²) >= 11 is 0. The minimum Gasteiger partial charge on any atom is -0.327 e. The van der Waals surface area contributed by atoms with E-state index in [2.05, 4.69) is 4.98 Å². The highest BCUT2D eigenvalue weighted by Gasteiger charge is 2.17. The molecule has 2 N–H and O–H groups in total. The minimum absolute atomic E-state index is 0.0176. The summed E-state index contributed by atoms with van der Waals surface area (Å²) in [4.78, 5) is 4.23. The number of rotatable bonds is 5. The van der Waals surface area contributed by atoms with E-state index in [1.807, 2.05) is 31.2 Å². The molecule has 0 aliphatic rings. The van der Waals surface area contributed by atoms with Crippen molar-refractivity contribution in [1.29, 1.82) is 0 Å². The van der Waals surface area contributed by atoms with Gasteiger partial charge in [0.25, 0.3) is 0 Å². The van der Waals surface area contributed by atoms with Gasteiger partial charge in [-0.1, -0.05) is 25.1 Å². The summed E-state index contributed by atoms with van der Waals surface area (Å²) in [6.07, 6.45) is 2.31. The quantitative estimate of drug-likeness (QED) is 0.906. The molecule has 0 saturated heterocycles. The summed E-state index contributed by atoms with van der Waals surface area (Å²) in [5.41, 5.74) is 7.33. The third-order valence-electron chi connectivity index (χ3n) is 3.11. The first-order chi connectivity index (χ1) is 9.02. The Balaban J connectivity index is 2.31. The summed E-state index contributed by atoms with van der Waals surface area (Å²) in [5.74, 6) is 0.0455. The van der Waals surface area contributed by atoms with Gasteiger partial charge in [0, 0.05) is 17.6 Å². The van der Waals surface area contributed by atoms with Crippen LogP contribution in [0.3, 0.4) is 0 Å². The third-order valence-corrected chi connectivity index (χ3v) is 4.79. The molecule has 102 valence electrons. The van der Waals surface area contributed by atoms with Crippen molar-refractivity contribution in [1.82, 2.24) is 4.98 Å². The van der Waals surface area contributed by atoms with Gasteiger partial charge in [-0.2, -0.15) is 0 Å². The number of pyridine rings is 1. The number of benzene rings is 1. The highest BCUT2D eigenvalue weighted by molar-refractivity contribution is 7.90. The molecule has 5 heteroatoms. The van der Waals surface area contributed by atoms with Crippen molar-refractivity contribution >= 4 is 20.7 Å². The van der Waals surface area contributed by atoms with E-state index in [0.717, 1.165) is 16.5 Å². The summed E-state index contributed by atoms with van der Waals surface area (Å²) in [7, 11) is -3.19. The highest BCUT2D eigenvalue weighted by Crippen LogP contribution is 2.19. The number of hydrogen-bond acceptors (Lipinski definition) is 4. The number of sulfone groups is 1. The summed E-state index contributed by atoms with van der Waals surface area (Å²) in [6, 6.07) is 9.02. The van der Waals surface area contributed by atoms with E-state index in [0.29, 0.717) is 6.42 Å². The lowest BCUT2D eigenvalue weighted by molar-refractivity contribution is 0.583. The molecule has 0 bridgehead atoms. The van der Waals surface area contributed by atoms with Gasteiger partial charge in [0.1, 0.15) is 0 Å². The number of aromatic nitrogens is 1. The van der Waals surface area contributed by atoms with Crippen LogP contribution < -0.4 is 5.73 Å². The van der Waals surface area contributed by atoms with Crippen molar-refractivity contribution in [2.24, 2.45) is 5.73 Å². The van der Waals surface area contributed by atoms with Crippen molar-refractivity contribution in [2.45, 2.75) is 25.1 Å². The molecule has 0 aliphatic carbocycles. The Morgan fingerprint density at radius 3 is 2.74 bits per heavy atom. The lowest BCUT2D eigenvalue weighted by Crippen LogP contribution is -2.29. The molecular formula is C14H18N2O2S. The van der Waals surface area contributed by atoms with Crippen LogP contribution in [0.5, 0.6) is 0 Å². The van der Waals surface area contributed by atoms with Gasteiger partial charge in [-0.25, -0.2) is 8.42 Å². The van der Waals surface area contributed by atoms with Crippen molar-refractivity contribution in [3.8, 4) is 0 Å². The van der Waals surface area contributed by atoms with Crippen LogP contribution in [0, 0.1) is 0 Å². The molecule has 2 rings (SSSR count). The number of para-hydroxylation sites is 1.